The van der Waals surface area contributed by atoms with E-state index in [4.69, 9.17) is 14.2 Å². The van der Waals surface area contributed by atoms with Crippen molar-refractivity contribution in [1.82, 2.24) is 29.1 Å². The molecule has 4 aromatic rings. The van der Waals surface area contributed by atoms with Gasteiger partial charge in [-0.05, 0) is 24.3 Å². The Morgan fingerprint density at radius 1 is 1.07 bits per heavy atom. The molecule has 2 aliphatic heterocycles. The van der Waals surface area contributed by atoms with Crippen LogP contribution in [0.2, 0.25) is 0 Å². The lowest BCUT2D eigenvalue weighted by Crippen LogP contribution is -2.41. The number of hydrogen-bond donors (Lipinski definition) is 1. The van der Waals surface area contributed by atoms with Crippen LogP contribution in [0.15, 0.2) is 65.3 Å². The lowest BCUT2D eigenvalue weighted by molar-refractivity contribution is -0.112. The average Bonchev–Trinajstić information content (AvgIpc) is 3.63. The zero-order valence-corrected chi connectivity index (χ0v) is 24.9. The maximum atomic E-state index is 13.2. The van der Waals surface area contributed by atoms with Crippen molar-refractivity contribution in [2.45, 2.75) is 11.4 Å². The minimum absolute atomic E-state index is 0. The number of halogens is 1. The molecule has 1 fully saturated rings. The number of sulfonamides is 1. The third kappa shape index (κ3) is 6.53. The van der Waals surface area contributed by atoms with Crippen LogP contribution in [0.4, 0.5) is 0 Å². The maximum Gasteiger partial charge on any atom is 0.280 e. The lowest BCUT2D eigenvalue weighted by atomic mass is 10.0. The molecular formula is C28H30ClN7O6S. The highest BCUT2D eigenvalue weighted by molar-refractivity contribution is 7.89. The molecule has 0 atom stereocenters. The number of methoxy groups -OCH3 is 1. The summed E-state index contributed by atoms with van der Waals surface area (Å²) >= 11 is 0. The van der Waals surface area contributed by atoms with Crippen LogP contribution in [0, 0.1) is 0 Å². The van der Waals surface area contributed by atoms with Crippen LogP contribution in [-0.4, -0.2) is 91.9 Å². The molecule has 6 rings (SSSR count). The summed E-state index contributed by atoms with van der Waals surface area (Å²) in [5.74, 6) is 0.409. The summed E-state index contributed by atoms with van der Waals surface area (Å²) in [6, 6.07) is 7.89. The predicted molar refractivity (Wildman–Crippen MR) is 158 cm³/mol. The molecule has 0 spiro atoms. The number of rotatable bonds is 11. The molecule has 2 aromatic carbocycles. The molecule has 0 saturated carbocycles. The maximum absolute atomic E-state index is 13.2. The molecule has 13 nitrogen and oxygen atoms in total. The number of nitrogens with one attached hydrogen (secondary N) is 1. The van der Waals surface area contributed by atoms with Crippen LogP contribution in [0.1, 0.15) is 5.69 Å². The third-order valence-corrected chi connectivity index (χ3v) is 8.59. The molecule has 1 N–H and O–H groups in total. The minimum Gasteiger partial charge on any atom is -0.493 e. The molecule has 2 aliphatic rings. The monoisotopic (exact) mass is 627 g/mol. The fraction of sp³-hybridized carbons (Fsp3) is 0.321. The summed E-state index contributed by atoms with van der Waals surface area (Å²) in [4.78, 5) is 32.3. The number of nitrogens with zero attached hydrogens (tertiary/aromatic N) is 6. The number of carbonyl (C=O) groups excluding carboxylic acids is 1. The van der Waals surface area contributed by atoms with Gasteiger partial charge in [0.2, 0.25) is 10.0 Å². The quantitative estimate of drug-likeness (QED) is 0.246. The first-order chi connectivity index (χ1) is 20.4. The second-order valence-corrected chi connectivity index (χ2v) is 11.5. The fourth-order valence-corrected chi connectivity index (χ4v) is 6.00. The van der Waals surface area contributed by atoms with Crippen LogP contribution in [0.25, 0.3) is 16.5 Å². The highest BCUT2D eigenvalue weighted by atomic mass is 35.5. The minimum atomic E-state index is -3.84. The second kappa shape index (κ2) is 13.1. The lowest BCUT2D eigenvalue weighted by Gasteiger charge is -2.26. The van der Waals surface area contributed by atoms with Crippen molar-refractivity contribution >= 4 is 44.8 Å². The number of morpholine rings is 1. The molecular weight excluding hydrogens is 598 g/mol. The number of hydrogen-bond acceptors (Lipinski definition) is 10. The Balaban J connectivity index is 0.00000368. The van der Waals surface area contributed by atoms with Crippen molar-refractivity contribution in [2.24, 2.45) is 4.99 Å². The van der Waals surface area contributed by atoms with Gasteiger partial charge in [-0.3, -0.25) is 9.69 Å². The van der Waals surface area contributed by atoms with Crippen molar-refractivity contribution < 1.29 is 27.4 Å². The van der Waals surface area contributed by atoms with Gasteiger partial charge in [0.15, 0.2) is 11.5 Å². The van der Waals surface area contributed by atoms with Crippen LogP contribution >= 0.6 is 12.4 Å². The molecule has 1 amide bonds. The van der Waals surface area contributed by atoms with Gasteiger partial charge < -0.3 is 18.8 Å². The van der Waals surface area contributed by atoms with Gasteiger partial charge in [-0.1, -0.05) is 0 Å². The van der Waals surface area contributed by atoms with E-state index in [0.717, 1.165) is 13.1 Å². The van der Waals surface area contributed by atoms with E-state index in [0.29, 0.717) is 71.6 Å². The number of ether oxygens (including phenoxy) is 3. The standard InChI is InChI=1S/C28H29N7O6S.ClH/c1-39-24-15-21-23(16-25(24)41-13-10-35-6-4-29-18-35)30-17-31-27(21)26-20-14-19(2-3-22(20)33-28(26)36)42(37,38)32-5-7-34-8-11-40-12-9-34;/h2-4,6,14-18,32H,5,7-13H2,1H3;1H. The highest BCUT2D eigenvalue weighted by Crippen LogP contribution is 2.34. The Morgan fingerprint density at radius 2 is 1.91 bits per heavy atom. The van der Waals surface area contributed by atoms with Crippen molar-refractivity contribution in [3.8, 4) is 11.5 Å². The second-order valence-electron chi connectivity index (χ2n) is 9.71. The van der Waals surface area contributed by atoms with E-state index in [1.165, 1.54) is 31.6 Å². The Kier molecular flexibility index (Phi) is 9.32. The Hall–Kier alpha value is -3.95. The van der Waals surface area contributed by atoms with Gasteiger partial charge in [0.1, 0.15) is 12.9 Å². The third-order valence-electron chi connectivity index (χ3n) is 7.13. The molecule has 2 aromatic heterocycles. The summed E-state index contributed by atoms with van der Waals surface area (Å²) in [6.45, 7) is 4.59. The topological polar surface area (TPSA) is 150 Å². The zero-order chi connectivity index (χ0) is 29.1. The number of aromatic nitrogens is 4. The Morgan fingerprint density at radius 3 is 2.67 bits per heavy atom. The summed E-state index contributed by atoms with van der Waals surface area (Å²) in [5.41, 5.74) is 1.05. The van der Waals surface area contributed by atoms with E-state index in [1.54, 1.807) is 24.7 Å². The first-order valence-electron chi connectivity index (χ1n) is 13.4. The van der Waals surface area contributed by atoms with Crippen LogP contribution < -0.4 is 24.8 Å². The molecule has 0 aliphatic carbocycles. The van der Waals surface area contributed by atoms with E-state index in [-0.39, 0.29) is 29.4 Å². The summed E-state index contributed by atoms with van der Waals surface area (Å²) < 4.78 is 47.8. The fourth-order valence-electron chi connectivity index (χ4n) is 4.95. The molecule has 43 heavy (non-hydrogen) atoms. The summed E-state index contributed by atoms with van der Waals surface area (Å²) in [6.07, 6.45) is 6.60. The van der Waals surface area contributed by atoms with Gasteiger partial charge in [-0.15, -0.1) is 12.4 Å². The van der Waals surface area contributed by atoms with Gasteiger partial charge in [-0.25, -0.2) is 33.1 Å². The molecule has 0 bridgehead atoms. The van der Waals surface area contributed by atoms with Gasteiger partial charge in [-0.2, -0.15) is 0 Å². The summed E-state index contributed by atoms with van der Waals surface area (Å²) in [7, 11) is -2.32. The Labute approximate surface area is 253 Å². The van der Waals surface area contributed by atoms with Crippen molar-refractivity contribution in [3.63, 3.8) is 0 Å². The average molecular weight is 628 g/mol. The van der Waals surface area contributed by atoms with E-state index in [9.17, 15) is 13.2 Å². The normalized spacial score (nSPS) is 15.2. The zero-order valence-electron chi connectivity index (χ0n) is 23.3. The SMILES string of the molecule is COc1cc2c(C3=c4cc(S(=O)(=O)NCCN5CCOCC5)ccc4=NC3=O)ncnc2cc1OCCn1ccnc1.Cl. The van der Waals surface area contributed by atoms with E-state index in [1.807, 2.05) is 10.8 Å². The number of amides is 1. The van der Waals surface area contributed by atoms with Crippen LogP contribution in [0.5, 0.6) is 11.5 Å². The van der Waals surface area contributed by atoms with Crippen LogP contribution in [0.3, 0.4) is 0 Å². The molecule has 4 heterocycles. The predicted octanol–water partition coefficient (Wildman–Crippen LogP) is 0.305. The number of carbonyl (C=O) groups is 1. The molecule has 1 saturated heterocycles. The smallest absolute Gasteiger partial charge is 0.280 e. The van der Waals surface area contributed by atoms with Gasteiger partial charge in [0.25, 0.3) is 5.91 Å². The van der Waals surface area contributed by atoms with Gasteiger partial charge >= 0.3 is 0 Å². The number of imidazole rings is 1. The highest BCUT2D eigenvalue weighted by Gasteiger charge is 2.25. The number of benzene rings is 2. The first-order valence-corrected chi connectivity index (χ1v) is 14.9. The molecule has 226 valence electrons. The van der Waals surface area contributed by atoms with Crippen molar-refractivity contribution in [2.75, 3.05) is 53.1 Å². The number of fused-ring (bicyclic) bond motifs is 2. The Bertz CT molecular complexity index is 1860. The van der Waals surface area contributed by atoms with Gasteiger partial charge in [0, 0.05) is 55.2 Å². The van der Waals surface area contributed by atoms with E-state index >= 15 is 0 Å². The van der Waals surface area contributed by atoms with Gasteiger partial charge in [0.05, 0.1) is 60.2 Å². The molecule has 0 radical (unpaired) electrons. The van der Waals surface area contributed by atoms with E-state index < -0.39 is 15.9 Å². The summed E-state index contributed by atoms with van der Waals surface area (Å²) in [5, 5.41) is 1.30. The molecule has 15 heteroatoms. The van der Waals surface area contributed by atoms with Crippen LogP contribution in [-0.2, 0) is 26.1 Å². The molecule has 0 unspecified atom stereocenters. The van der Waals surface area contributed by atoms with Crippen molar-refractivity contribution in [3.05, 3.63) is 71.6 Å². The van der Waals surface area contributed by atoms with E-state index in [2.05, 4.69) is 29.6 Å². The van der Waals surface area contributed by atoms with Crippen molar-refractivity contribution in [1.29, 1.82) is 0 Å². The largest absolute Gasteiger partial charge is 0.493 e. The first kappa shape index (κ1) is 30.5.